The van der Waals surface area contributed by atoms with Gasteiger partial charge in [0.1, 0.15) is 6.61 Å². The number of amides is 2. The molecule has 1 heterocycles. The van der Waals surface area contributed by atoms with E-state index < -0.39 is 23.7 Å². The Hall–Kier alpha value is -3.39. The predicted molar refractivity (Wildman–Crippen MR) is 116 cm³/mol. The fourth-order valence-electron chi connectivity index (χ4n) is 4.34. The van der Waals surface area contributed by atoms with Crippen molar-refractivity contribution in [2.45, 2.75) is 37.3 Å². The number of aliphatic carboxylic acids is 1. The van der Waals surface area contributed by atoms with Crippen LogP contribution in [0.4, 0.5) is 4.79 Å². The summed E-state index contributed by atoms with van der Waals surface area (Å²) in [4.78, 5) is 37.0. The topological polar surface area (TPSA) is 116 Å². The van der Waals surface area contributed by atoms with Gasteiger partial charge in [-0.25, -0.2) is 9.59 Å². The number of benzene rings is 2. The van der Waals surface area contributed by atoms with Crippen molar-refractivity contribution in [1.82, 2.24) is 10.2 Å². The highest BCUT2D eigenvalue weighted by atomic mass is 16.5. The number of rotatable bonds is 7. The molecule has 0 aromatic heterocycles. The predicted octanol–water partition coefficient (Wildman–Crippen LogP) is 2.35. The lowest BCUT2D eigenvalue weighted by Crippen LogP contribution is -2.67. The Morgan fingerprint density at radius 3 is 2.19 bits per heavy atom. The molecule has 3 N–H and O–H groups in total. The fraction of sp³-hybridized carbons (Fsp3) is 0.375. The zero-order valence-electron chi connectivity index (χ0n) is 17.8. The van der Waals surface area contributed by atoms with Gasteiger partial charge in [0.15, 0.2) is 5.60 Å². The quantitative estimate of drug-likeness (QED) is 0.611. The summed E-state index contributed by atoms with van der Waals surface area (Å²) in [5, 5.41) is 21.5. The second-order valence-electron chi connectivity index (χ2n) is 8.37. The molecule has 0 bridgehead atoms. The molecule has 32 heavy (non-hydrogen) atoms. The first-order chi connectivity index (χ1) is 15.3. The van der Waals surface area contributed by atoms with Gasteiger partial charge in [0.2, 0.25) is 5.91 Å². The summed E-state index contributed by atoms with van der Waals surface area (Å²) in [7, 11) is 0. The van der Waals surface area contributed by atoms with Crippen LogP contribution in [0.15, 0.2) is 48.5 Å². The molecule has 168 valence electrons. The second kappa shape index (κ2) is 8.63. The van der Waals surface area contributed by atoms with Gasteiger partial charge in [-0.3, -0.25) is 4.79 Å². The van der Waals surface area contributed by atoms with E-state index >= 15 is 0 Å². The van der Waals surface area contributed by atoms with E-state index in [9.17, 15) is 19.5 Å². The number of hydrogen-bond acceptors (Lipinski definition) is 5. The number of carbonyl (C=O) groups is 3. The van der Waals surface area contributed by atoms with E-state index in [4.69, 9.17) is 9.84 Å². The van der Waals surface area contributed by atoms with Crippen molar-refractivity contribution in [3.63, 3.8) is 0 Å². The maximum atomic E-state index is 12.4. The van der Waals surface area contributed by atoms with E-state index in [0.29, 0.717) is 6.42 Å². The zero-order valence-corrected chi connectivity index (χ0v) is 17.8. The fourth-order valence-corrected chi connectivity index (χ4v) is 4.34. The van der Waals surface area contributed by atoms with Crippen LogP contribution in [-0.2, 0) is 14.3 Å². The smallest absolute Gasteiger partial charge is 0.407 e. The molecule has 2 amide bonds. The third-order valence-corrected chi connectivity index (χ3v) is 6.24. The minimum atomic E-state index is -1.88. The van der Waals surface area contributed by atoms with Crippen LogP contribution in [0, 0.1) is 0 Å². The molecule has 1 fully saturated rings. The maximum absolute atomic E-state index is 12.4. The van der Waals surface area contributed by atoms with Crippen LogP contribution in [0.5, 0.6) is 0 Å². The van der Waals surface area contributed by atoms with Gasteiger partial charge in [-0.1, -0.05) is 55.5 Å². The molecule has 1 atom stereocenters. The Morgan fingerprint density at radius 2 is 1.66 bits per heavy atom. The van der Waals surface area contributed by atoms with Crippen LogP contribution >= 0.6 is 0 Å². The van der Waals surface area contributed by atoms with Gasteiger partial charge in [0, 0.05) is 18.4 Å². The Labute approximate surface area is 185 Å². The SMILES string of the molecule is CC[C@H](CC(=O)N1CC(O)(C(=O)O)C1)NC(=O)OCC1c2ccccc2-c2ccccc21. The van der Waals surface area contributed by atoms with Crippen molar-refractivity contribution < 1.29 is 29.3 Å². The first kappa shape index (κ1) is 21.8. The van der Waals surface area contributed by atoms with E-state index in [0.717, 1.165) is 22.3 Å². The number of β-amino-alcohol motifs (C(OH)–C–C–N with tert-alkyl or cyclic N) is 1. The molecular weight excluding hydrogens is 412 g/mol. The number of fused-ring (bicyclic) bond motifs is 3. The van der Waals surface area contributed by atoms with Crippen molar-refractivity contribution in [1.29, 1.82) is 0 Å². The molecule has 1 aliphatic carbocycles. The molecular formula is C24H26N2O6. The first-order valence-corrected chi connectivity index (χ1v) is 10.7. The molecule has 2 aromatic rings. The van der Waals surface area contributed by atoms with Crippen molar-refractivity contribution in [3.8, 4) is 11.1 Å². The lowest BCUT2D eigenvalue weighted by molar-refractivity contribution is -0.182. The van der Waals surface area contributed by atoms with Gasteiger partial charge < -0.3 is 25.2 Å². The highest BCUT2D eigenvalue weighted by Crippen LogP contribution is 2.44. The third-order valence-electron chi connectivity index (χ3n) is 6.24. The van der Waals surface area contributed by atoms with E-state index in [-0.39, 0.29) is 37.9 Å². The van der Waals surface area contributed by atoms with Gasteiger partial charge in [-0.2, -0.15) is 0 Å². The van der Waals surface area contributed by atoms with E-state index in [2.05, 4.69) is 17.4 Å². The van der Waals surface area contributed by atoms with Crippen LogP contribution in [0.1, 0.15) is 36.8 Å². The zero-order chi connectivity index (χ0) is 22.9. The Kier molecular flexibility index (Phi) is 5.88. The van der Waals surface area contributed by atoms with Gasteiger partial charge in [0.05, 0.1) is 13.1 Å². The molecule has 0 saturated carbocycles. The Balaban J connectivity index is 1.32. The summed E-state index contributed by atoms with van der Waals surface area (Å²) in [6.45, 7) is 1.53. The number of aliphatic hydroxyl groups is 1. The van der Waals surface area contributed by atoms with Crippen LogP contribution in [0.3, 0.4) is 0 Å². The second-order valence-corrected chi connectivity index (χ2v) is 8.37. The number of alkyl carbamates (subject to hydrolysis) is 1. The van der Waals surface area contributed by atoms with Crippen LogP contribution in [0.2, 0.25) is 0 Å². The van der Waals surface area contributed by atoms with Crippen LogP contribution in [-0.4, -0.2) is 64.4 Å². The molecule has 0 radical (unpaired) electrons. The molecule has 8 heteroatoms. The van der Waals surface area contributed by atoms with Gasteiger partial charge in [0.25, 0.3) is 0 Å². The molecule has 8 nitrogen and oxygen atoms in total. The number of carboxylic acid groups (broad SMARTS) is 1. The molecule has 1 aliphatic heterocycles. The van der Waals surface area contributed by atoms with Crippen molar-refractivity contribution in [2.24, 2.45) is 0 Å². The number of carboxylic acids is 1. The number of nitrogens with one attached hydrogen (secondary N) is 1. The number of nitrogens with zero attached hydrogens (tertiary/aromatic N) is 1. The summed E-state index contributed by atoms with van der Waals surface area (Å²) in [5.74, 6) is -1.71. The summed E-state index contributed by atoms with van der Waals surface area (Å²) in [5.41, 5.74) is 2.65. The molecule has 2 aromatic carbocycles. The summed E-state index contributed by atoms with van der Waals surface area (Å²) >= 11 is 0. The van der Waals surface area contributed by atoms with Crippen molar-refractivity contribution >= 4 is 18.0 Å². The number of likely N-dealkylation sites (tertiary alicyclic amines) is 1. The van der Waals surface area contributed by atoms with Crippen LogP contribution < -0.4 is 5.32 Å². The molecule has 0 unspecified atom stereocenters. The lowest BCUT2D eigenvalue weighted by Gasteiger charge is -2.43. The summed E-state index contributed by atoms with van der Waals surface area (Å²) in [6, 6.07) is 15.7. The van der Waals surface area contributed by atoms with Crippen LogP contribution in [0.25, 0.3) is 11.1 Å². The highest BCUT2D eigenvalue weighted by Gasteiger charge is 2.50. The highest BCUT2D eigenvalue weighted by molar-refractivity contribution is 5.85. The van der Waals surface area contributed by atoms with Gasteiger partial charge in [-0.15, -0.1) is 0 Å². The number of ether oxygens (including phenoxy) is 1. The van der Waals surface area contributed by atoms with E-state index in [1.807, 2.05) is 43.3 Å². The Bertz CT molecular complexity index is 1000. The average Bonchev–Trinajstić information content (AvgIpc) is 3.08. The van der Waals surface area contributed by atoms with Crippen molar-refractivity contribution in [2.75, 3.05) is 19.7 Å². The summed E-state index contributed by atoms with van der Waals surface area (Å²) < 4.78 is 5.53. The number of hydrogen-bond donors (Lipinski definition) is 3. The molecule has 0 spiro atoms. The Morgan fingerprint density at radius 1 is 1.09 bits per heavy atom. The molecule has 2 aliphatic rings. The minimum absolute atomic E-state index is 0.0103. The normalized spacial score (nSPS) is 17.0. The largest absolute Gasteiger partial charge is 0.479 e. The van der Waals surface area contributed by atoms with Gasteiger partial charge >= 0.3 is 12.1 Å². The third kappa shape index (κ3) is 4.05. The molecule has 4 rings (SSSR count). The van der Waals surface area contributed by atoms with E-state index in [1.54, 1.807) is 0 Å². The van der Waals surface area contributed by atoms with E-state index in [1.165, 1.54) is 4.90 Å². The monoisotopic (exact) mass is 438 g/mol. The molecule has 1 saturated heterocycles. The average molecular weight is 438 g/mol. The first-order valence-electron chi connectivity index (χ1n) is 10.7. The maximum Gasteiger partial charge on any atom is 0.407 e. The van der Waals surface area contributed by atoms with Gasteiger partial charge in [-0.05, 0) is 28.7 Å². The standard InChI is InChI=1S/C24H26N2O6/c1-2-15(11-21(27)26-13-24(31,14-26)22(28)29)25-23(30)32-12-20-18-9-5-3-7-16(18)17-8-4-6-10-19(17)20/h3-10,15,20,31H,2,11-14H2,1H3,(H,25,30)(H,28,29)/t15-/m1/s1. The lowest BCUT2D eigenvalue weighted by atomic mass is 9.93. The van der Waals surface area contributed by atoms with Crippen molar-refractivity contribution in [3.05, 3.63) is 59.7 Å². The summed E-state index contributed by atoms with van der Waals surface area (Å²) in [6.07, 6.45) is -0.0826. The number of carbonyl (C=O) groups excluding carboxylic acids is 2. The minimum Gasteiger partial charge on any atom is -0.479 e.